The van der Waals surface area contributed by atoms with Crippen molar-refractivity contribution in [2.75, 3.05) is 45.6 Å². The topological polar surface area (TPSA) is 76.8 Å². The number of aromatic nitrogens is 2. The Morgan fingerprint density at radius 2 is 2.17 bits per heavy atom. The zero-order valence-electron chi connectivity index (χ0n) is 15.0. The Morgan fingerprint density at radius 1 is 1.50 bits per heavy atom. The molecule has 7 nitrogen and oxygen atoms in total. The third-order valence-electron chi connectivity index (χ3n) is 4.15. The molecular weight excluding hydrogens is 329 g/mol. The standard InChI is InChI=1S/C16H28N3O4P/c1-18(2)12-7-9-19(16(21)17-12)15-14(22-3)13(20)11(23-15)8-10-24(4,5)6/h7,9,11,13-15,20H,4,8,10H2,1-3,5-6H3/t11-,13-,14-,15-/m1/s1. The number of rotatable bonds is 6. The molecule has 0 aromatic carbocycles. The van der Waals surface area contributed by atoms with Crippen LogP contribution in [-0.2, 0) is 9.47 Å². The van der Waals surface area contributed by atoms with Crippen molar-refractivity contribution in [3.8, 4) is 0 Å². The number of anilines is 1. The molecule has 24 heavy (non-hydrogen) atoms. The first-order valence-corrected chi connectivity index (χ1v) is 11.0. The average Bonchev–Trinajstić information content (AvgIpc) is 2.80. The Labute approximate surface area is 143 Å². The van der Waals surface area contributed by atoms with Gasteiger partial charge in [-0.25, -0.2) is 4.79 Å². The molecule has 1 aromatic rings. The van der Waals surface area contributed by atoms with Crippen molar-refractivity contribution in [2.45, 2.75) is 31.0 Å². The van der Waals surface area contributed by atoms with E-state index in [1.54, 1.807) is 17.2 Å². The Kier molecular flexibility index (Phi) is 5.91. The van der Waals surface area contributed by atoms with Gasteiger partial charge in [0.25, 0.3) is 0 Å². The number of aliphatic hydroxyl groups excluding tert-OH is 1. The Morgan fingerprint density at radius 3 is 2.67 bits per heavy atom. The van der Waals surface area contributed by atoms with E-state index in [9.17, 15) is 9.90 Å². The summed E-state index contributed by atoms with van der Waals surface area (Å²) in [6.07, 6.45) is 4.97. The van der Waals surface area contributed by atoms with Gasteiger partial charge in [-0.2, -0.15) is 4.98 Å². The van der Waals surface area contributed by atoms with E-state index in [1.807, 2.05) is 14.1 Å². The van der Waals surface area contributed by atoms with E-state index in [2.05, 4.69) is 24.6 Å². The van der Waals surface area contributed by atoms with Crippen molar-refractivity contribution in [1.29, 1.82) is 0 Å². The molecule has 2 heterocycles. The smallest absolute Gasteiger partial charge is 0.351 e. The van der Waals surface area contributed by atoms with Gasteiger partial charge in [-0.05, 0) is 32.0 Å². The van der Waals surface area contributed by atoms with Gasteiger partial charge in [-0.1, -0.05) is 0 Å². The molecule has 0 unspecified atom stereocenters. The normalized spacial score (nSPS) is 27.4. The number of ether oxygens (including phenoxy) is 2. The van der Waals surface area contributed by atoms with Crippen LogP contribution in [0.2, 0.25) is 0 Å². The van der Waals surface area contributed by atoms with Crippen LogP contribution in [-0.4, -0.2) is 80.0 Å². The second kappa shape index (κ2) is 7.40. The van der Waals surface area contributed by atoms with Gasteiger partial charge >= 0.3 is 5.69 Å². The molecule has 1 aromatic heterocycles. The highest BCUT2D eigenvalue weighted by molar-refractivity contribution is 7.72. The molecule has 0 bridgehead atoms. The first-order valence-electron chi connectivity index (χ1n) is 7.94. The first kappa shape index (κ1) is 19.2. The van der Waals surface area contributed by atoms with Crippen LogP contribution in [0.1, 0.15) is 12.6 Å². The fraction of sp³-hybridized carbons (Fsp3) is 0.688. The monoisotopic (exact) mass is 357 g/mol. The van der Waals surface area contributed by atoms with E-state index in [-0.39, 0.29) is 6.10 Å². The molecule has 0 radical (unpaired) electrons. The Bertz CT molecular complexity index is 670. The van der Waals surface area contributed by atoms with Gasteiger partial charge in [0.15, 0.2) is 6.23 Å². The number of methoxy groups -OCH3 is 1. The highest BCUT2D eigenvalue weighted by Gasteiger charge is 2.45. The molecule has 1 aliphatic rings. The lowest BCUT2D eigenvalue weighted by molar-refractivity contribution is -0.0540. The van der Waals surface area contributed by atoms with Crippen LogP contribution in [0, 0.1) is 0 Å². The number of hydrogen-bond donors (Lipinski definition) is 1. The summed E-state index contributed by atoms with van der Waals surface area (Å²) in [7, 11) is 5.15. The van der Waals surface area contributed by atoms with Crippen molar-refractivity contribution in [2.24, 2.45) is 0 Å². The molecule has 0 spiro atoms. The average molecular weight is 357 g/mol. The van der Waals surface area contributed by atoms with Gasteiger partial charge < -0.3 is 19.5 Å². The lowest BCUT2D eigenvalue weighted by Crippen LogP contribution is -2.37. The molecule has 136 valence electrons. The highest BCUT2D eigenvalue weighted by atomic mass is 31.2. The third kappa shape index (κ3) is 4.28. The van der Waals surface area contributed by atoms with Crippen molar-refractivity contribution in [3.05, 3.63) is 22.7 Å². The first-order chi connectivity index (χ1) is 11.1. The minimum atomic E-state index is -1.21. The maximum atomic E-state index is 12.3. The van der Waals surface area contributed by atoms with Gasteiger partial charge in [0.1, 0.15) is 18.0 Å². The van der Waals surface area contributed by atoms with Gasteiger partial charge in [-0.3, -0.25) is 4.57 Å². The van der Waals surface area contributed by atoms with E-state index in [4.69, 9.17) is 9.47 Å². The number of aliphatic hydroxyl groups is 1. The summed E-state index contributed by atoms with van der Waals surface area (Å²) in [6, 6.07) is 1.74. The number of hydrogen-bond acceptors (Lipinski definition) is 6. The predicted molar refractivity (Wildman–Crippen MR) is 98.9 cm³/mol. The lowest BCUT2D eigenvalue weighted by Gasteiger charge is -2.21. The second-order valence-electron chi connectivity index (χ2n) is 7.07. The van der Waals surface area contributed by atoms with E-state index in [0.717, 1.165) is 6.16 Å². The van der Waals surface area contributed by atoms with E-state index in [0.29, 0.717) is 12.2 Å². The quantitative estimate of drug-likeness (QED) is 0.755. The van der Waals surface area contributed by atoms with Crippen LogP contribution in [0.5, 0.6) is 0 Å². The van der Waals surface area contributed by atoms with Crippen LogP contribution in [0.25, 0.3) is 0 Å². The summed E-state index contributed by atoms with van der Waals surface area (Å²) < 4.78 is 12.8. The van der Waals surface area contributed by atoms with Crippen molar-refractivity contribution < 1.29 is 14.6 Å². The van der Waals surface area contributed by atoms with Crippen LogP contribution in [0.4, 0.5) is 5.82 Å². The molecule has 0 saturated carbocycles. The maximum Gasteiger partial charge on any atom is 0.351 e. The fourth-order valence-corrected chi connectivity index (χ4v) is 3.71. The maximum absolute atomic E-state index is 12.3. The van der Waals surface area contributed by atoms with E-state index < -0.39 is 31.0 Å². The van der Waals surface area contributed by atoms with Crippen molar-refractivity contribution in [1.82, 2.24) is 9.55 Å². The minimum Gasteiger partial charge on any atom is -0.388 e. The largest absolute Gasteiger partial charge is 0.388 e. The van der Waals surface area contributed by atoms with Crippen LogP contribution >= 0.6 is 6.89 Å². The molecular formula is C16H28N3O4P. The van der Waals surface area contributed by atoms with E-state index in [1.165, 1.54) is 11.7 Å². The van der Waals surface area contributed by atoms with Crippen LogP contribution in [0.15, 0.2) is 17.1 Å². The summed E-state index contributed by atoms with van der Waals surface area (Å²) in [5.41, 5.74) is -0.425. The van der Waals surface area contributed by atoms with Gasteiger partial charge in [0.05, 0.1) is 6.10 Å². The summed E-state index contributed by atoms with van der Waals surface area (Å²) in [5.74, 6) is 0.573. The molecule has 8 heteroatoms. The van der Waals surface area contributed by atoms with E-state index >= 15 is 0 Å². The summed E-state index contributed by atoms with van der Waals surface area (Å²) in [6.45, 7) is 3.08. The molecule has 1 fully saturated rings. The molecule has 1 N–H and O–H groups in total. The minimum absolute atomic E-state index is 0.374. The van der Waals surface area contributed by atoms with Crippen molar-refractivity contribution in [3.63, 3.8) is 0 Å². The third-order valence-corrected chi connectivity index (χ3v) is 5.62. The number of nitrogens with zero attached hydrogens (tertiary/aromatic N) is 3. The SMILES string of the molecule is C=P(C)(C)CC[C@H]1O[C@@H](n2ccc(N(C)C)nc2=O)[C@H](OC)[C@@H]1O. The molecule has 2 rings (SSSR count). The van der Waals surface area contributed by atoms with Gasteiger partial charge in [-0.15, -0.1) is 13.2 Å². The van der Waals surface area contributed by atoms with Crippen molar-refractivity contribution >= 4 is 19.0 Å². The van der Waals surface area contributed by atoms with Gasteiger partial charge in [0, 0.05) is 27.4 Å². The molecule has 1 aliphatic heterocycles. The van der Waals surface area contributed by atoms with Crippen LogP contribution in [0.3, 0.4) is 0 Å². The lowest BCUT2D eigenvalue weighted by atomic mass is 10.1. The molecule has 0 aliphatic carbocycles. The molecule has 1 saturated heterocycles. The van der Waals surface area contributed by atoms with Gasteiger partial charge in [0.2, 0.25) is 0 Å². The zero-order valence-corrected chi connectivity index (χ0v) is 15.9. The Hall–Kier alpha value is -1.14. The predicted octanol–water partition coefficient (Wildman–Crippen LogP) is 0.682. The second-order valence-corrected chi connectivity index (χ2v) is 11.4. The summed E-state index contributed by atoms with van der Waals surface area (Å²) in [4.78, 5) is 18.1. The highest BCUT2D eigenvalue weighted by Crippen LogP contribution is 2.39. The molecule has 4 atom stereocenters. The zero-order chi connectivity index (χ0) is 18.1. The molecule has 0 amide bonds. The summed E-state index contributed by atoms with van der Waals surface area (Å²) in [5, 5.41) is 10.5. The fourth-order valence-electron chi connectivity index (χ4n) is 2.76. The van der Waals surface area contributed by atoms with Crippen LogP contribution < -0.4 is 10.6 Å². The Balaban J connectivity index is 2.23. The summed E-state index contributed by atoms with van der Waals surface area (Å²) >= 11 is 0.